The Hall–Kier alpha value is -1.34. The van der Waals surface area contributed by atoms with E-state index in [1.165, 1.54) is 12.3 Å². The zero-order valence-corrected chi connectivity index (χ0v) is 12.9. The molecule has 0 fully saturated rings. The Bertz CT molecular complexity index is 622. The quantitative estimate of drug-likeness (QED) is 0.889. The summed E-state index contributed by atoms with van der Waals surface area (Å²) in [4.78, 5) is 0. The predicted octanol–water partition coefficient (Wildman–Crippen LogP) is 4.12. The van der Waals surface area contributed by atoms with Crippen molar-refractivity contribution in [2.75, 3.05) is 0 Å². The van der Waals surface area contributed by atoms with Gasteiger partial charge in [0.15, 0.2) is 0 Å². The number of nitrogens with two attached hydrogens (primary N) is 1. The Balaban J connectivity index is 2.40. The highest BCUT2D eigenvalue weighted by Crippen LogP contribution is 2.37. The number of aromatic nitrogens is 2. The lowest BCUT2D eigenvalue weighted by molar-refractivity contribution is -0.138. The molecule has 0 saturated heterocycles. The van der Waals surface area contributed by atoms with Gasteiger partial charge >= 0.3 is 6.18 Å². The fourth-order valence-electron chi connectivity index (χ4n) is 2.12. The maximum absolute atomic E-state index is 13.1. The van der Waals surface area contributed by atoms with Gasteiger partial charge in [-0.1, -0.05) is 28.9 Å². The minimum Gasteiger partial charge on any atom is -0.320 e. The largest absolute Gasteiger partial charge is 0.416 e. The lowest BCUT2D eigenvalue weighted by Crippen LogP contribution is -2.18. The zero-order valence-electron chi connectivity index (χ0n) is 11.4. The molecule has 1 atom stereocenters. The van der Waals surface area contributed by atoms with Crippen LogP contribution >= 0.6 is 15.9 Å². The fourth-order valence-corrected chi connectivity index (χ4v) is 2.48. The number of alkyl halides is 3. The summed E-state index contributed by atoms with van der Waals surface area (Å²) in [6, 6.07) is 3.14. The summed E-state index contributed by atoms with van der Waals surface area (Å²) >= 11 is 3.06. The van der Waals surface area contributed by atoms with E-state index in [1.54, 1.807) is 16.9 Å². The van der Waals surface area contributed by atoms with Crippen LogP contribution in [0.5, 0.6) is 0 Å². The predicted molar refractivity (Wildman–Crippen MR) is 77.7 cm³/mol. The van der Waals surface area contributed by atoms with E-state index in [9.17, 15) is 13.2 Å². The van der Waals surface area contributed by atoms with Gasteiger partial charge in [-0.15, -0.1) is 0 Å². The summed E-state index contributed by atoms with van der Waals surface area (Å²) < 4.78 is 41.4. The van der Waals surface area contributed by atoms with Crippen LogP contribution < -0.4 is 5.73 Å². The second-order valence-electron chi connectivity index (χ2n) is 4.74. The van der Waals surface area contributed by atoms with Gasteiger partial charge in [0.1, 0.15) is 0 Å². The summed E-state index contributed by atoms with van der Waals surface area (Å²) in [5.41, 5.74) is 5.88. The molecule has 1 aromatic carbocycles. The highest BCUT2D eigenvalue weighted by Gasteiger charge is 2.35. The molecule has 1 heterocycles. The van der Waals surface area contributed by atoms with Gasteiger partial charge in [0.2, 0.25) is 0 Å². The molecule has 1 unspecified atom stereocenters. The SMILES string of the molecule is CCCn1cc(C(N)c2ccc(Br)cc2C(F)(F)F)cn1. The van der Waals surface area contributed by atoms with Crippen molar-refractivity contribution < 1.29 is 13.2 Å². The summed E-state index contributed by atoms with van der Waals surface area (Å²) in [6.07, 6.45) is -0.350. The van der Waals surface area contributed by atoms with Crippen molar-refractivity contribution in [3.63, 3.8) is 0 Å². The van der Waals surface area contributed by atoms with E-state index < -0.39 is 17.8 Å². The number of aryl methyl sites for hydroxylation is 1. The zero-order chi connectivity index (χ0) is 15.6. The molecule has 0 bridgehead atoms. The average Bonchev–Trinajstić information content (AvgIpc) is 2.86. The number of hydrogen-bond donors (Lipinski definition) is 1. The van der Waals surface area contributed by atoms with Crippen LogP contribution in [0, 0.1) is 0 Å². The number of rotatable bonds is 4. The molecular weight excluding hydrogens is 347 g/mol. The summed E-state index contributed by atoms with van der Waals surface area (Å²) in [7, 11) is 0. The topological polar surface area (TPSA) is 43.8 Å². The van der Waals surface area contributed by atoms with E-state index in [0.717, 1.165) is 12.5 Å². The molecule has 0 radical (unpaired) electrons. The third-order valence-corrected chi connectivity index (χ3v) is 3.61. The number of halogens is 4. The fraction of sp³-hybridized carbons (Fsp3) is 0.357. The molecule has 3 nitrogen and oxygen atoms in total. The van der Waals surface area contributed by atoms with Gasteiger partial charge in [-0.25, -0.2) is 0 Å². The van der Waals surface area contributed by atoms with Gasteiger partial charge in [-0.2, -0.15) is 18.3 Å². The van der Waals surface area contributed by atoms with Crippen LogP contribution in [-0.2, 0) is 12.7 Å². The van der Waals surface area contributed by atoms with Gasteiger partial charge < -0.3 is 5.73 Å². The van der Waals surface area contributed by atoms with Crippen LogP contribution in [0.4, 0.5) is 13.2 Å². The first kappa shape index (κ1) is 16.0. The van der Waals surface area contributed by atoms with Crippen molar-refractivity contribution in [1.82, 2.24) is 9.78 Å². The Morgan fingerprint density at radius 3 is 2.71 bits per heavy atom. The van der Waals surface area contributed by atoms with E-state index >= 15 is 0 Å². The molecular formula is C14H15BrF3N3. The molecule has 0 aliphatic carbocycles. The Morgan fingerprint density at radius 1 is 1.38 bits per heavy atom. The molecule has 7 heteroatoms. The van der Waals surface area contributed by atoms with Crippen LogP contribution in [-0.4, -0.2) is 9.78 Å². The molecule has 2 rings (SSSR count). The highest BCUT2D eigenvalue weighted by atomic mass is 79.9. The standard InChI is InChI=1S/C14H15BrF3N3/c1-2-5-21-8-9(7-20-21)13(19)11-4-3-10(15)6-12(11)14(16,17)18/h3-4,6-8,13H,2,5,19H2,1H3. The molecule has 1 aromatic heterocycles. The van der Waals surface area contributed by atoms with E-state index in [4.69, 9.17) is 5.73 Å². The van der Waals surface area contributed by atoms with Crippen LogP contribution in [0.3, 0.4) is 0 Å². The Morgan fingerprint density at radius 2 is 2.10 bits per heavy atom. The van der Waals surface area contributed by atoms with Crippen molar-refractivity contribution in [2.45, 2.75) is 32.1 Å². The van der Waals surface area contributed by atoms with Crippen LogP contribution in [0.25, 0.3) is 0 Å². The molecule has 0 amide bonds. The average molecular weight is 362 g/mol. The van der Waals surface area contributed by atoms with Crippen molar-refractivity contribution in [3.05, 3.63) is 51.8 Å². The molecule has 2 N–H and O–H groups in total. The first-order valence-electron chi connectivity index (χ1n) is 6.47. The lowest BCUT2D eigenvalue weighted by Gasteiger charge is -2.17. The number of nitrogens with zero attached hydrogens (tertiary/aromatic N) is 2. The summed E-state index contributed by atoms with van der Waals surface area (Å²) in [5.74, 6) is 0. The Kier molecular flexibility index (Phi) is 4.73. The molecule has 2 aromatic rings. The van der Waals surface area contributed by atoms with Gasteiger partial charge in [0, 0.05) is 22.8 Å². The van der Waals surface area contributed by atoms with Gasteiger partial charge in [-0.05, 0) is 24.1 Å². The van der Waals surface area contributed by atoms with Gasteiger partial charge in [-0.3, -0.25) is 4.68 Å². The first-order valence-corrected chi connectivity index (χ1v) is 7.26. The van der Waals surface area contributed by atoms with Crippen LogP contribution in [0.2, 0.25) is 0 Å². The smallest absolute Gasteiger partial charge is 0.320 e. The molecule has 114 valence electrons. The third-order valence-electron chi connectivity index (χ3n) is 3.12. The van der Waals surface area contributed by atoms with Crippen molar-refractivity contribution in [1.29, 1.82) is 0 Å². The maximum atomic E-state index is 13.1. The molecule has 0 spiro atoms. The van der Waals surface area contributed by atoms with Crippen LogP contribution in [0.1, 0.15) is 36.1 Å². The van der Waals surface area contributed by atoms with Crippen molar-refractivity contribution >= 4 is 15.9 Å². The van der Waals surface area contributed by atoms with Gasteiger partial charge in [0.25, 0.3) is 0 Å². The lowest BCUT2D eigenvalue weighted by atomic mass is 9.97. The molecule has 0 aliphatic heterocycles. The second-order valence-corrected chi connectivity index (χ2v) is 5.66. The minimum atomic E-state index is -4.45. The maximum Gasteiger partial charge on any atom is 0.416 e. The van der Waals surface area contributed by atoms with E-state index in [0.29, 0.717) is 16.6 Å². The van der Waals surface area contributed by atoms with Crippen molar-refractivity contribution in [3.8, 4) is 0 Å². The van der Waals surface area contributed by atoms with Crippen molar-refractivity contribution in [2.24, 2.45) is 5.73 Å². The van der Waals surface area contributed by atoms with E-state index in [-0.39, 0.29) is 5.56 Å². The molecule has 0 saturated carbocycles. The third kappa shape index (κ3) is 3.65. The normalized spacial score (nSPS) is 13.4. The first-order chi connectivity index (χ1) is 9.82. The van der Waals surface area contributed by atoms with E-state index in [2.05, 4.69) is 21.0 Å². The summed E-state index contributed by atoms with van der Waals surface area (Å²) in [6.45, 7) is 2.71. The van der Waals surface area contributed by atoms with E-state index in [1.807, 2.05) is 6.92 Å². The Labute approximate surface area is 129 Å². The number of benzene rings is 1. The van der Waals surface area contributed by atoms with Crippen LogP contribution in [0.15, 0.2) is 35.1 Å². The number of hydrogen-bond acceptors (Lipinski definition) is 2. The molecule has 21 heavy (non-hydrogen) atoms. The minimum absolute atomic E-state index is 0.0433. The summed E-state index contributed by atoms with van der Waals surface area (Å²) in [5, 5.41) is 4.11. The second kappa shape index (κ2) is 6.19. The molecule has 0 aliphatic rings. The monoisotopic (exact) mass is 361 g/mol. The highest BCUT2D eigenvalue weighted by molar-refractivity contribution is 9.10. The van der Waals surface area contributed by atoms with Gasteiger partial charge in [0.05, 0.1) is 17.8 Å².